The number of nitro groups is 1. The lowest BCUT2D eigenvalue weighted by atomic mass is 10.1. The monoisotopic (exact) mass is 218 g/mol. The van der Waals surface area contributed by atoms with Crippen molar-refractivity contribution in [2.75, 3.05) is 0 Å². The molecule has 0 aliphatic heterocycles. The summed E-state index contributed by atoms with van der Waals surface area (Å²) in [6.07, 6.45) is 1.55. The highest BCUT2D eigenvalue weighted by Crippen LogP contribution is 2.23. The summed E-state index contributed by atoms with van der Waals surface area (Å²) >= 11 is 0. The highest BCUT2D eigenvalue weighted by Gasteiger charge is 2.14. The molecule has 0 radical (unpaired) electrons. The maximum Gasteiger partial charge on any atom is 0.270 e. The number of hydrogen-bond acceptors (Lipinski definition) is 4. The smallest absolute Gasteiger partial charge is 0.270 e. The number of nitrogens with one attached hydrogen (secondary N) is 1. The van der Waals surface area contributed by atoms with Gasteiger partial charge in [-0.25, -0.2) is 0 Å². The molecule has 6 nitrogen and oxygen atoms in total. The molecule has 2 aromatic rings. The van der Waals surface area contributed by atoms with Crippen LogP contribution < -0.4 is 0 Å². The average Bonchev–Trinajstić information content (AvgIpc) is 2.70. The number of non-ortho nitro benzene ring substituents is 1. The summed E-state index contributed by atoms with van der Waals surface area (Å²) in [5.74, 6) is -0.702. The first-order chi connectivity index (χ1) is 7.63. The molecule has 0 saturated carbocycles. The molecule has 0 saturated heterocycles. The van der Waals surface area contributed by atoms with Crippen LogP contribution in [0, 0.1) is 10.1 Å². The van der Waals surface area contributed by atoms with Crippen LogP contribution in [0.15, 0.2) is 24.4 Å². The van der Waals surface area contributed by atoms with Crippen molar-refractivity contribution >= 4 is 28.7 Å². The number of nitrogens with zero attached hydrogens (tertiary/aromatic N) is 1. The minimum Gasteiger partial charge on any atom is -0.360 e. The normalized spacial score (nSPS) is 10.2. The van der Waals surface area contributed by atoms with E-state index in [0.29, 0.717) is 10.9 Å². The van der Waals surface area contributed by atoms with E-state index in [1.165, 1.54) is 24.4 Å². The van der Waals surface area contributed by atoms with Gasteiger partial charge in [-0.05, 0) is 6.07 Å². The zero-order valence-corrected chi connectivity index (χ0v) is 7.97. The molecule has 1 N–H and O–H groups in total. The number of benzene rings is 1. The van der Waals surface area contributed by atoms with Crippen LogP contribution in [0.4, 0.5) is 5.69 Å². The summed E-state index contributed by atoms with van der Waals surface area (Å²) in [5.41, 5.74) is 0.608. The van der Waals surface area contributed by atoms with Gasteiger partial charge in [0.1, 0.15) is 0 Å². The Bertz CT molecular complexity index is 600. The van der Waals surface area contributed by atoms with Crippen molar-refractivity contribution in [2.45, 2.75) is 0 Å². The lowest BCUT2D eigenvalue weighted by molar-refractivity contribution is -0.384. The highest BCUT2D eigenvalue weighted by molar-refractivity contribution is 6.36. The van der Waals surface area contributed by atoms with Crippen LogP contribution in [0.3, 0.4) is 0 Å². The standard InChI is InChI=1S/C10H6N2O4/c13-5-10(14)8-4-11-9-2-1-6(12(15)16)3-7(8)9/h1-5,11H. The third kappa shape index (κ3) is 1.46. The van der Waals surface area contributed by atoms with E-state index in [4.69, 9.17) is 0 Å². The van der Waals surface area contributed by atoms with Crippen molar-refractivity contribution in [2.24, 2.45) is 0 Å². The molecule has 1 aromatic carbocycles. The van der Waals surface area contributed by atoms with Gasteiger partial charge in [0.2, 0.25) is 5.78 Å². The van der Waals surface area contributed by atoms with E-state index < -0.39 is 10.7 Å². The molecule has 1 aromatic heterocycles. The first-order valence-corrected chi connectivity index (χ1v) is 4.38. The number of H-pyrrole nitrogens is 1. The number of rotatable bonds is 3. The van der Waals surface area contributed by atoms with E-state index >= 15 is 0 Å². The van der Waals surface area contributed by atoms with Gasteiger partial charge in [-0.1, -0.05) is 0 Å². The van der Waals surface area contributed by atoms with E-state index in [1.807, 2.05) is 0 Å². The van der Waals surface area contributed by atoms with E-state index in [9.17, 15) is 19.7 Å². The Morgan fingerprint density at radius 3 is 2.81 bits per heavy atom. The Morgan fingerprint density at radius 2 is 2.19 bits per heavy atom. The topological polar surface area (TPSA) is 93.1 Å². The summed E-state index contributed by atoms with van der Waals surface area (Å²) in [6.45, 7) is 0. The number of hydrogen-bond donors (Lipinski definition) is 1. The molecule has 1 heterocycles. The molecule has 0 aliphatic rings. The predicted molar refractivity (Wildman–Crippen MR) is 55.3 cm³/mol. The van der Waals surface area contributed by atoms with Crippen molar-refractivity contribution in [1.29, 1.82) is 0 Å². The maximum atomic E-state index is 11.2. The first kappa shape index (κ1) is 10.0. The predicted octanol–water partition coefficient (Wildman–Crippen LogP) is 1.46. The number of aromatic amines is 1. The Morgan fingerprint density at radius 1 is 1.44 bits per heavy atom. The molecule has 0 aliphatic carbocycles. The van der Waals surface area contributed by atoms with Crippen molar-refractivity contribution in [3.8, 4) is 0 Å². The summed E-state index contributed by atoms with van der Waals surface area (Å²) in [7, 11) is 0. The lowest BCUT2D eigenvalue weighted by Gasteiger charge is -1.93. The summed E-state index contributed by atoms with van der Waals surface area (Å²) < 4.78 is 0. The average molecular weight is 218 g/mol. The van der Waals surface area contributed by atoms with Gasteiger partial charge in [-0.3, -0.25) is 19.7 Å². The number of fused-ring (bicyclic) bond motifs is 1. The maximum absolute atomic E-state index is 11.2. The van der Waals surface area contributed by atoms with E-state index in [1.54, 1.807) is 0 Å². The van der Waals surface area contributed by atoms with Crippen molar-refractivity contribution < 1.29 is 14.5 Å². The van der Waals surface area contributed by atoms with Gasteiger partial charge < -0.3 is 4.98 Å². The number of aldehydes is 1. The van der Waals surface area contributed by atoms with Crippen molar-refractivity contribution in [3.05, 3.63) is 40.1 Å². The molecule has 16 heavy (non-hydrogen) atoms. The molecular formula is C10H6N2O4. The largest absolute Gasteiger partial charge is 0.360 e. The lowest BCUT2D eigenvalue weighted by Crippen LogP contribution is -1.98. The minimum absolute atomic E-state index is 0.118. The Kier molecular flexibility index (Phi) is 2.24. The number of nitro benzene ring substituents is 1. The minimum atomic E-state index is -0.702. The second-order valence-corrected chi connectivity index (χ2v) is 3.17. The van der Waals surface area contributed by atoms with Gasteiger partial charge in [-0.2, -0.15) is 0 Å². The van der Waals surface area contributed by atoms with Gasteiger partial charge in [-0.15, -0.1) is 0 Å². The van der Waals surface area contributed by atoms with Crippen LogP contribution >= 0.6 is 0 Å². The molecule has 0 fully saturated rings. The Labute approximate surface area is 89.0 Å². The van der Waals surface area contributed by atoms with Crippen LogP contribution in [0.2, 0.25) is 0 Å². The van der Waals surface area contributed by atoms with Gasteiger partial charge in [0.15, 0.2) is 6.29 Å². The first-order valence-electron chi connectivity index (χ1n) is 4.38. The third-order valence-corrected chi connectivity index (χ3v) is 2.25. The quantitative estimate of drug-likeness (QED) is 0.277. The molecular weight excluding hydrogens is 212 g/mol. The Balaban J connectivity index is 2.69. The van der Waals surface area contributed by atoms with E-state index in [-0.39, 0.29) is 17.5 Å². The molecule has 0 bridgehead atoms. The molecule has 0 unspecified atom stereocenters. The summed E-state index contributed by atoms with van der Waals surface area (Å²) in [4.78, 5) is 34.4. The third-order valence-electron chi connectivity index (χ3n) is 2.25. The van der Waals surface area contributed by atoms with Crippen LogP contribution in [-0.2, 0) is 4.79 Å². The van der Waals surface area contributed by atoms with Crippen LogP contribution in [0.1, 0.15) is 10.4 Å². The van der Waals surface area contributed by atoms with E-state index in [0.717, 1.165) is 0 Å². The highest BCUT2D eigenvalue weighted by atomic mass is 16.6. The van der Waals surface area contributed by atoms with Crippen LogP contribution in [-0.4, -0.2) is 22.0 Å². The molecule has 2 rings (SSSR count). The van der Waals surface area contributed by atoms with Gasteiger partial charge in [0.05, 0.1) is 10.5 Å². The van der Waals surface area contributed by atoms with Crippen molar-refractivity contribution in [1.82, 2.24) is 4.98 Å². The SMILES string of the molecule is O=CC(=O)c1c[nH]c2ccc([N+](=O)[O-])cc12. The van der Waals surface area contributed by atoms with Gasteiger partial charge in [0, 0.05) is 29.2 Å². The van der Waals surface area contributed by atoms with Gasteiger partial charge in [0.25, 0.3) is 5.69 Å². The molecule has 0 atom stereocenters. The second-order valence-electron chi connectivity index (χ2n) is 3.17. The number of ketones is 1. The fourth-order valence-electron chi connectivity index (χ4n) is 1.49. The number of aromatic nitrogens is 1. The number of carbonyl (C=O) groups is 2. The molecule has 80 valence electrons. The second kappa shape index (κ2) is 3.58. The number of carbonyl (C=O) groups excluding carboxylic acids is 2. The zero-order valence-electron chi connectivity index (χ0n) is 7.97. The van der Waals surface area contributed by atoms with Crippen LogP contribution in [0.5, 0.6) is 0 Å². The molecule has 0 amide bonds. The Hall–Kier alpha value is -2.50. The summed E-state index contributed by atoms with van der Waals surface area (Å²) in [6, 6.07) is 4.09. The van der Waals surface area contributed by atoms with Crippen molar-refractivity contribution in [3.63, 3.8) is 0 Å². The van der Waals surface area contributed by atoms with Gasteiger partial charge >= 0.3 is 0 Å². The molecule has 0 spiro atoms. The van der Waals surface area contributed by atoms with E-state index in [2.05, 4.69) is 4.98 Å². The summed E-state index contributed by atoms with van der Waals surface area (Å²) in [5, 5.41) is 10.9. The number of Topliss-reactive ketones (excluding diaryl/α,β-unsaturated/α-hetero) is 1. The van der Waals surface area contributed by atoms with Crippen LogP contribution in [0.25, 0.3) is 10.9 Å². The molecule has 6 heteroatoms. The fourth-order valence-corrected chi connectivity index (χ4v) is 1.49. The fraction of sp³-hybridized carbons (Fsp3) is 0. The zero-order chi connectivity index (χ0) is 11.7.